The van der Waals surface area contributed by atoms with E-state index in [4.69, 9.17) is 19.8 Å². The van der Waals surface area contributed by atoms with Gasteiger partial charge in [-0.1, -0.05) is 13.8 Å². The molecule has 3 atom stereocenters. The molecule has 122 valence electrons. The smallest absolute Gasteiger partial charge is 0.331 e. The Morgan fingerprint density at radius 2 is 2.05 bits per heavy atom. The first-order chi connectivity index (χ1) is 9.67. The lowest BCUT2D eigenvalue weighted by atomic mass is 9.90. The molecule has 0 fully saturated rings. The van der Waals surface area contributed by atoms with Gasteiger partial charge >= 0.3 is 5.97 Å². The molecule has 0 bridgehead atoms. The first-order valence-electron chi connectivity index (χ1n) is 6.91. The molecule has 0 saturated heterocycles. The van der Waals surface area contributed by atoms with Crippen LogP contribution in [0.15, 0.2) is 11.6 Å². The Bertz CT molecular complexity index is 497. The monoisotopic (exact) mass is 321 g/mol. The molecule has 0 amide bonds. The topological polar surface area (TPSA) is 116 Å². The van der Waals surface area contributed by atoms with Crippen molar-refractivity contribution in [2.24, 2.45) is 5.73 Å². The molecule has 8 heteroatoms. The Kier molecular flexibility index (Phi) is 6.33. The first kappa shape index (κ1) is 18.1. The van der Waals surface area contributed by atoms with Gasteiger partial charge in [-0.05, 0) is 18.9 Å². The molecule has 21 heavy (non-hydrogen) atoms. The molecule has 0 aromatic carbocycles. The second-order valence-electron chi connectivity index (χ2n) is 5.16. The number of hydrogen-bond donors (Lipinski definition) is 2. The number of carbonyl (C=O) groups is 1. The zero-order chi connectivity index (χ0) is 16.2. The predicted molar refractivity (Wildman–Crippen MR) is 77.3 cm³/mol. The third-order valence-electron chi connectivity index (χ3n) is 3.43. The van der Waals surface area contributed by atoms with Crippen molar-refractivity contribution in [3.63, 3.8) is 0 Å². The van der Waals surface area contributed by atoms with Crippen molar-refractivity contribution in [1.29, 1.82) is 0 Å². The van der Waals surface area contributed by atoms with Gasteiger partial charge in [-0.25, -0.2) is 4.79 Å². The lowest BCUT2D eigenvalue weighted by molar-refractivity contribution is -0.133. The summed E-state index contributed by atoms with van der Waals surface area (Å²) >= 11 is 0. The van der Waals surface area contributed by atoms with E-state index in [1.54, 1.807) is 0 Å². The number of aliphatic carboxylic acids is 1. The Morgan fingerprint density at radius 1 is 1.48 bits per heavy atom. The lowest BCUT2D eigenvalue weighted by Crippen LogP contribution is -2.51. The third kappa shape index (κ3) is 5.39. The molecule has 0 heterocycles. The molecule has 1 rings (SSSR count). The lowest BCUT2D eigenvalue weighted by Gasteiger charge is -2.34. The molecule has 0 radical (unpaired) electrons. The summed E-state index contributed by atoms with van der Waals surface area (Å²) in [5.74, 6) is -1.12. The Morgan fingerprint density at radius 3 is 2.48 bits per heavy atom. The molecule has 0 unspecified atom stereocenters. The highest BCUT2D eigenvalue weighted by Gasteiger charge is 2.37. The average Bonchev–Trinajstić information content (AvgIpc) is 2.37. The summed E-state index contributed by atoms with van der Waals surface area (Å²) in [6.07, 6.45) is 2.14. The van der Waals surface area contributed by atoms with Crippen LogP contribution in [-0.4, -0.2) is 50.1 Å². The minimum absolute atomic E-state index is 0.0568. The van der Waals surface area contributed by atoms with Gasteiger partial charge in [0, 0.05) is 12.0 Å². The van der Waals surface area contributed by atoms with Crippen molar-refractivity contribution >= 4 is 16.1 Å². The fourth-order valence-corrected chi connectivity index (χ4v) is 2.90. The number of carboxylic acid groups (broad SMARTS) is 1. The van der Waals surface area contributed by atoms with E-state index in [2.05, 4.69) is 0 Å². The quantitative estimate of drug-likeness (QED) is 0.661. The van der Waals surface area contributed by atoms with Crippen LogP contribution in [0, 0.1) is 0 Å². The Hall–Kier alpha value is -0.960. The standard InChI is InChI=1S/C13H23NO6S/c1-4-9(5-2)19-10-6-8(13(15)16)7-11(12(10)14)20-21(3,17)18/h6,9-12H,4-5,7,14H2,1-3H3,(H,15,16)/t10-,11+,12+/m1/s1. The van der Waals surface area contributed by atoms with E-state index in [0.717, 1.165) is 19.1 Å². The van der Waals surface area contributed by atoms with Gasteiger partial charge in [0.2, 0.25) is 0 Å². The van der Waals surface area contributed by atoms with E-state index >= 15 is 0 Å². The molecular weight excluding hydrogens is 298 g/mol. The SMILES string of the molecule is CCC(CC)O[C@@H]1C=C(C(=O)O)C[C@H](OS(C)(=O)=O)[C@H]1N. The molecule has 0 aliphatic heterocycles. The molecule has 1 aliphatic carbocycles. The molecule has 0 aromatic heterocycles. The van der Waals surface area contributed by atoms with Crippen molar-refractivity contribution in [2.75, 3.05) is 6.26 Å². The van der Waals surface area contributed by atoms with E-state index in [1.807, 2.05) is 13.8 Å². The molecule has 1 aliphatic rings. The largest absolute Gasteiger partial charge is 0.478 e. The van der Waals surface area contributed by atoms with Crippen LogP contribution in [-0.2, 0) is 23.8 Å². The summed E-state index contributed by atoms with van der Waals surface area (Å²) in [5.41, 5.74) is 6.06. The maximum Gasteiger partial charge on any atom is 0.331 e. The van der Waals surface area contributed by atoms with Gasteiger partial charge in [0.05, 0.1) is 30.6 Å². The van der Waals surface area contributed by atoms with Crippen molar-refractivity contribution in [3.8, 4) is 0 Å². The summed E-state index contributed by atoms with van der Waals surface area (Å²) in [6.45, 7) is 3.91. The number of hydrogen-bond acceptors (Lipinski definition) is 6. The maximum atomic E-state index is 11.3. The van der Waals surface area contributed by atoms with Gasteiger partial charge in [0.25, 0.3) is 10.1 Å². The predicted octanol–water partition coefficient (Wildman–Crippen LogP) is 0.647. The zero-order valence-electron chi connectivity index (χ0n) is 12.5. The molecular formula is C13H23NO6S. The van der Waals surface area contributed by atoms with Crippen molar-refractivity contribution in [1.82, 2.24) is 0 Å². The van der Waals surface area contributed by atoms with Gasteiger partial charge in [-0.3, -0.25) is 4.18 Å². The van der Waals surface area contributed by atoms with Crippen LogP contribution in [0.25, 0.3) is 0 Å². The normalized spacial score (nSPS) is 26.7. The van der Waals surface area contributed by atoms with E-state index in [9.17, 15) is 13.2 Å². The molecule has 0 spiro atoms. The summed E-state index contributed by atoms with van der Waals surface area (Å²) in [5, 5.41) is 9.14. The summed E-state index contributed by atoms with van der Waals surface area (Å²) in [4.78, 5) is 11.2. The van der Waals surface area contributed by atoms with E-state index < -0.39 is 34.3 Å². The average molecular weight is 321 g/mol. The van der Waals surface area contributed by atoms with Gasteiger partial charge in [0.15, 0.2) is 0 Å². The second-order valence-corrected chi connectivity index (χ2v) is 6.76. The van der Waals surface area contributed by atoms with Gasteiger partial charge in [0.1, 0.15) is 0 Å². The van der Waals surface area contributed by atoms with Crippen molar-refractivity contribution < 1.29 is 27.2 Å². The second kappa shape index (κ2) is 7.35. The van der Waals surface area contributed by atoms with E-state index in [1.165, 1.54) is 6.08 Å². The first-order valence-corrected chi connectivity index (χ1v) is 8.72. The van der Waals surface area contributed by atoms with Crippen LogP contribution >= 0.6 is 0 Å². The van der Waals surface area contributed by atoms with Gasteiger partial charge in [-0.2, -0.15) is 8.42 Å². The van der Waals surface area contributed by atoms with Crippen LogP contribution < -0.4 is 5.73 Å². The number of carboxylic acids is 1. The number of rotatable bonds is 7. The highest BCUT2D eigenvalue weighted by molar-refractivity contribution is 7.86. The van der Waals surface area contributed by atoms with Crippen molar-refractivity contribution in [3.05, 3.63) is 11.6 Å². The van der Waals surface area contributed by atoms with E-state index in [-0.39, 0.29) is 18.1 Å². The van der Waals surface area contributed by atoms with Crippen LogP contribution in [0.5, 0.6) is 0 Å². The third-order valence-corrected chi connectivity index (χ3v) is 4.03. The van der Waals surface area contributed by atoms with Crippen LogP contribution in [0.1, 0.15) is 33.1 Å². The Balaban J connectivity index is 2.98. The molecule has 0 aromatic rings. The van der Waals surface area contributed by atoms with Crippen LogP contribution in [0.3, 0.4) is 0 Å². The Labute approximate surface area is 125 Å². The van der Waals surface area contributed by atoms with E-state index in [0.29, 0.717) is 0 Å². The number of ether oxygens (including phenoxy) is 1. The minimum atomic E-state index is -3.72. The van der Waals surface area contributed by atoms with Gasteiger partial charge < -0.3 is 15.6 Å². The van der Waals surface area contributed by atoms with Crippen LogP contribution in [0.2, 0.25) is 0 Å². The number of nitrogens with two attached hydrogens (primary N) is 1. The maximum absolute atomic E-state index is 11.3. The van der Waals surface area contributed by atoms with Crippen LogP contribution in [0.4, 0.5) is 0 Å². The van der Waals surface area contributed by atoms with Crippen molar-refractivity contribution in [2.45, 2.75) is 57.5 Å². The zero-order valence-corrected chi connectivity index (χ0v) is 13.3. The summed E-state index contributed by atoms with van der Waals surface area (Å²) in [7, 11) is -3.72. The molecule has 0 saturated carbocycles. The molecule has 7 nitrogen and oxygen atoms in total. The fraction of sp³-hybridized carbons (Fsp3) is 0.769. The van der Waals surface area contributed by atoms with Gasteiger partial charge in [-0.15, -0.1) is 0 Å². The highest BCUT2D eigenvalue weighted by atomic mass is 32.2. The summed E-state index contributed by atoms with van der Waals surface area (Å²) < 4.78 is 33.3. The highest BCUT2D eigenvalue weighted by Crippen LogP contribution is 2.25. The fourth-order valence-electron chi connectivity index (χ4n) is 2.26. The minimum Gasteiger partial charge on any atom is -0.478 e. The molecule has 3 N–H and O–H groups in total. The summed E-state index contributed by atoms with van der Waals surface area (Å²) in [6, 6.07) is -0.733.